The molecule has 0 atom stereocenters. The monoisotopic (exact) mass is 302 g/mol. The molecule has 1 amide bonds. The second kappa shape index (κ2) is 9.18. The van der Waals surface area contributed by atoms with Crippen molar-refractivity contribution in [3.05, 3.63) is 28.2 Å². The number of para-hydroxylation sites is 1. The third-order valence-electron chi connectivity index (χ3n) is 2.71. The van der Waals surface area contributed by atoms with Gasteiger partial charge in [-0.1, -0.05) is 49.0 Å². The molecule has 0 aliphatic heterocycles. The van der Waals surface area contributed by atoms with Crippen LogP contribution in [0.2, 0.25) is 10.0 Å². The normalized spacial score (nSPS) is 10.5. The number of hydrogen-bond donors (Lipinski definition) is 2. The number of hydrogen-bond acceptors (Lipinski definition) is 2. The van der Waals surface area contributed by atoms with E-state index in [4.69, 9.17) is 23.2 Å². The fourth-order valence-electron chi connectivity index (χ4n) is 1.65. The highest BCUT2D eigenvalue weighted by Gasteiger charge is 2.08. The Morgan fingerprint density at radius 3 is 2.47 bits per heavy atom. The molecule has 5 heteroatoms. The average Bonchev–Trinajstić information content (AvgIpc) is 2.38. The quantitative estimate of drug-likeness (QED) is 0.710. The Bertz CT molecular complexity index is 390. The summed E-state index contributed by atoms with van der Waals surface area (Å²) in [5, 5.41) is 6.89. The van der Waals surface area contributed by atoms with Gasteiger partial charge in [-0.3, -0.25) is 4.79 Å². The van der Waals surface area contributed by atoms with Crippen molar-refractivity contribution in [2.24, 2.45) is 0 Å². The van der Waals surface area contributed by atoms with E-state index in [0.717, 1.165) is 13.0 Å². The summed E-state index contributed by atoms with van der Waals surface area (Å²) in [6, 6.07) is 5.15. The predicted molar refractivity (Wildman–Crippen MR) is 82.1 cm³/mol. The van der Waals surface area contributed by atoms with E-state index in [1.807, 2.05) is 0 Å². The first-order chi connectivity index (χ1) is 9.15. The van der Waals surface area contributed by atoms with Crippen LogP contribution in [-0.4, -0.2) is 19.0 Å². The molecule has 1 rings (SSSR count). The first kappa shape index (κ1) is 16.3. The lowest BCUT2D eigenvalue weighted by Crippen LogP contribution is -2.22. The molecule has 0 aromatic heterocycles. The Hall–Kier alpha value is -0.770. The molecule has 0 saturated heterocycles. The number of carbonyl (C=O) groups is 1. The van der Waals surface area contributed by atoms with Gasteiger partial charge in [-0.15, -0.1) is 0 Å². The van der Waals surface area contributed by atoms with Gasteiger partial charge < -0.3 is 10.6 Å². The molecule has 0 unspecified atom stereocenters. The Balaban J connectivity index is 2.28. The van der Waals surface area contributed by atoms with Crippen LogP contribution in [0, 0.1) is 0 Å². The third-order valence-corrected chi connectivity index (χ3v) is 3.34. The summed E-state index contributed by atoms with van der Waals surface area (Å²) in [6.45, 7) is 3.78. The van der Waals surface area contributed by atoms with Crippen molar-refractivity contribution >= 4 is 34.8 Å². The molecule has 1 aromatic rings. The van der Waals surface area contributed by atoms with E-state index in [0.29, 0.717) is 28.7 Å². The van der Waals surface area contributed by atoms with Crippen molar-refractivity contribution in [2.75, 3.05) is 18.4 Å². The van der Waals surface area contributed by atoms with E-state index < -0.39 is 0 Å². The van der Waals surface area contributed by atoms with E-state index in [-0.39, 0.29) is 5.91 Å². The van der Waals surface area contributed by atoms with Gasteiger partial charge in [0.2, 0.25) is 5.91 Å². The van der Waals surface area contributed by atoms with Gasteiger partial charge in [-0.25, -0.2) is 0 Å². The van der Waals surface area contributed by atoms with Crippen LogP contribution in [0.1, 0.15) is 32.6 Å². The first-order valence-corrected chi connectivity index (χ1v) is 7.35. The van der Waals surface area contributed by atoms with Crippen LogP contribution in [0.3, 0.4) is 0 Å². The average molecular weight is 303 g/mol. The van der Waals surface area contributed by atoms with Crippen LogP contribution < -0.4 is 10.6 Å². The lowest BCUT2D eigenvalue weighted by Gasteiger charge is -2.09. The second-order valence-corrected chi connectivity index (χ2v) is 5.17. The van der Waals surface area contributed by atoms with E-state index in [1.54, 1.807) is 18.2 Å². The molecule has 3 nitrogen and oxygen atoms in total. The minimum Gasteiger partial charge on any atom is -0.324 e. The fourth-order valence-corrected chi connectivity index (χ4v) is 2.14. The summed E-state index contributed by atoms with van der Waals surface area (Å²) < 4.78 is 0. The molecule has 106 valence electrons. The number of amides is 1. The Kier molecular flexibility index (Phi) is 7.87. The third kappa shape index (κ3) is 6.28. The number of halogens is 2. The largest absolute Gasteiger partial charge is 0.324 e. The first-order valence-electron chi connectivity index (χ1n) is 6.59. The minimum atomic E-state index is -0.0852. The standard InChI is InChI=1S/C14H20Cl2N2O/c1-2-3-4-9-17-10-8-13(19)18-14-11(15)6-5-7-12(14)16/h5-7,17H,2-4,8-10H2,1H3,(H,18,19). The zero-order valence-corrected chi connectivity index (χ0v) is 12.7. The Labute approximate surface area is 124 Å². The molecule has 0 radical (unpaired) electrons. The van der Waals surface area contributed by atoms with Crippen LogP contribution in [-0.2, 0) is 4.79 Å². The maximum Gasteiger partial charge on any atom is 0.225 e. The van der Waals surface area contributed by atoms with Gasteiger partial charge in [0, 0.05) is 13.0 Å². The van der Waals surface area contributed by atoms with Gasteiger partial charge in [0.1, 0.15) is 0 Å². The molecular weight excluding hydrogens is 283 g/mol. The van der Waals surface area contributed by atoms with Gasteiger partial charge in [0.05, 0.1) is 15.7 Å². The zero-order valence-electron chi connectivity index (χ0n) is 11.1. The highest BCUT2D eigenvalue weighted by molar-refractivity contribution is 6.39. The van der Waals surface area contributed by atoms with Crippen LogP contribution in [0.25, 0.3) is 0 Å². The van der Waals surface area contributed by atoms with Crippen molar-refractivity contribution in [1.82, 2.24) is 5.32 Å². The smallest absolute Gasteiger partial charge is 0.225 e. The molecular formula is C14H20Cl2N2O. The number of nitrogens with one attached hydrogen (secondary N) is 2. The van der Waals surface area contributed by atoms with Crippen LogP contribution in [0.5, 0.6) is 0 Å². The van der Waals surface area contributed by atoms with Crippen LogP contribution >= 0.6 is 23.2 Å². The summed E-state index contributed by atoms with van der Waals surface area (Å²) >= 11 is 12.0. The van der Waals surface area contributed by atoms with Gasteiger partial charge in [0.15, 0.2) is 0 Å². The Morgan fingerprint density at radius 2 is 1.84 bits per heavy atom. The molecule has 2 N–H and O–H groups in total. The molecule has 0 aliphatic carbocycles. The number of carbonyl (C=O) groups excluding carboxylic acids is 1. The lowest BCUT2D eigenvalue weighted by atomic mass is 10.2. The highest BCUT2D eigenvalue weighted by Crippen LogP contribution is 2.29. The SMILES string of the molecule is CCCCCNCCC(=O)Nc1c(Cl)cccc1Cl. The van der Waals surface area contributed by atoms with Crippen LogP contribution in [0.15, 0.2) is 18.2 Å². The van der Waals surface area contributed by atoms with Gasteiger partial charge in [-0.2, -0.15) is 0 Å². The number of benzene rings is 1. The molecule has 0 bridgehead atoms. The number of rotatable bonds is 8. The van der Waals surface area contributed by atoms with E-state index in [2.05, 4.69) is 17.6 Å². The molecule has 0 saturated carbocycles. The second-order valence-electron chi connectivity index (χ2n) is 4.35. The van der Waals surface area contributed by atoms with E-state index >= 15 is 0 Å². The van der Waals surface area contributed by atoms with E-state index in [9.17, 15) is 4.79 Å². The summed E-state index contributed by atoms with van der Waals surface area (Å²) in [7, 11) is 0. The molecule has 1 aromatic carbocycles. The molecule has 19 heavy (non-hydrogen) atoms. The van der Waals surface area contributed by atoms with Gasteiger partial charge >= 0.3 is 0 Å². The molecule has 0 spiro atoms. The number of unbranched alkanes of at least 4 members (excludes halogenated alkanes) is 2. The highest BCUT2D eigenvalue weighted by atomic mass is 35.5. The Morgan fingerprint density at radius 1 is 1.16 bits per heavy atom. The molecule has 0 aliphatic rings. The van der Waals surface area contributed by atoms with Gasteiger partial charge in [0.25, 0.3) is 0 Å². The lowest BCUT2D eigenvalue weighted by molar-refractivity contribution is -0.116. The maximum atomic E-state index is 11.7. The van der Waals surface area contributed by atoms with Crippen molar-refractivity contribution in [3.63, 3.8) is 0 Å². The number of anilines is 1. The summed E-state index contributed by atoms with van der Waals surface area (Å²) in [5.74, 6) is -0.0852. The topological polar surface area (TPSA) is 41.1 Å². The maximum absolute atomic E-state index is 11.7. The summed E-state index contributed by atoms with van der Waals surface area (Å²) in [5.41, 5.74) is 0.488. The van der Waals surface area contributed by atoms with Crippen molar-refractivity contribution in [1.29, 1.82) is 0 Å². The van der Waals surface area contributed by atoms with Gasteiger partial charge in [-0.05, 0) is 25.1 Å². The minimum absolute atomic E-state index is 0.0852. The summed E-state index contributed by atoms with van der Waals surface area (Å²) in [6.07, 6.45) is 3.98. The van der Waals surface area contributed by atoms with E-state index in [1.165, 1.54) is 12.8 Å². The predicted octanol–water partition coefficient (Wildman–Crippen LogP) is 4.10. The fraction of sp³-hybridized carbons (Fsp3) is 0.500. The van der Waals surface area contributed by atoms with Crippen molar-refractivity contribution in [2.45, 2.75) is 32.6 Å². The van der Waals surface area contributed by atoms with Crippen molar-refractivity contribution < 1.29 is 4.79 Å². The summed E-state index contributed by atoms with van der Waals surface area (Å²) in [4.78, 5) is 11.7. The van der Waals surface area contributed by atoms with Crippen LogP contribution in [0.4, 0.5) is 5.69 Å². The van der Waals surface area contributed by atoms with Crippen molar-refractivity contribution in [3.8, 4) is 0 Å². The molecule has 0 heterocycles. The molecule has 0 fully saturated rings. The zero-order chi connectivity index (χ0) is 14.1.